The summed E-state index contributed by atoms with van der Waals surface area (Å²) in [6.07, 6.45) is 0.214. The largest absolute Gasteiger partial charge is 0.236 e. The lowest BCUT2D eigenvalue weighted by molar-refractivity contribution is 0.557. The number of nitrogens with zero attached hydrogens (tertiary/aromatic N) is 2. The molecule has 0 radical (unpaired) electrons. The SMILES string of the molecule is CC(C)(C)c1nc(Cc2c(F)cccc2Cl)nc(Cl)c1I. The number of benzene rings is 1. The van der Waals surface area contributed by atoms with Crippen LogP contribution in [0.25, 0.3) is 0 Å². The highest BCUT2D eigenvalue weighted by Gasteiger charge is 2.23. The molecule has 0 spiro atoms. The second-order valence-corrected chi connectivity index (χ2v) is 7.56. The summed E-state index contributed by atoms with van der Waals surface area (Å²) < 4.78 is 14.7. The van der Waals surface area contributed by atoms with Gasteiger partial charge in [-0.3, -0.25) is 0 Å². The summed E-state index contributed by atoms with van der Waals surface area (Å²) in [5.41, 5.74) is 1.07. The summed E-state index contributed by atoms with van der Waals surface area (Å²) in [6, 6.07) is 4.60. The van der Waals surface area contributed by atoms with Gasteiger partial charge in [-0.15, -0.1) is 0 Å². The molecule has 1 aromatic carbocycles. The summed E-state index contributed by atoms with van der Waals surface area (Å²) in [5.74, 6) is 0.107. The normalized spacial score (nSPS) is 11.8. The van der Waals surface area contributed by atoms with Crippen molar-refractivity contribution in [3.8, 4) is 0 Å². The van der Waals surface area contributed by atoms with Crippen molar-refractivity contribution in [2.75, 3.05) is 0 Å². The van der Waals surface area contributed by atoms with Gasteiger partial charge in [0, 0.05) is 22.4 Å². The molecule has 0 amide bonds. The molecule has 0 saturated heterocycles. The first-order valence-electron chi connectivity index (χ1n) is 6.35. The molecule has 0 aliphatic carbocycles. The number of hydrogen-bond acceptors (Lipinski definition) is 2. The molecule has 0 aliphatic heterocycles. The molecule has 112 valence electrons. The van der Waals surface area contributed by atoms with E-state index in [1.807, 2.05) is 20.8 Å². The highest BCUT2D eigenvalue weighted by molar-refractivity contribution is 14.1. The predicted molar refractivity (Wildman–Crippen MR) is 92.7 cm³/mol. The van der Waals surface area contributed by atoms with Crippen LogP contribution in [0.3, 0.4) is 0 Å². The van der Waals surface area contributed by atoms with E-state index in [2.05, 4.69) is 32.6 Å². The molecule has 0 bridgehead atoms. The van der Waals surface area contributed by atoms with Crippen LogP contribution in [0.4, 0.5) is 4.39 Å². The van der Waals surface area contributed by atoms with Crippen LogP contribution >= 0.6 is 45.8 Å². The third-order valence-electron chi connectivity index (χ3n) is 2.96. The van der Waals surface area contributed by atoms with Crippen LogP contribution in [0, 0.1) is 9.39 Å². The lowest BCUT2D eigenvalue weighted by atomic mass is 9.92. The van der Waals surface area contributed by atoms with E-state index in [0.717, 1.165) is 9.26 Å². The number of halogens is 4. The van der Waals surface area contributed by atoms with Crippen LogP contribution in [-0.2, 0) is 11.8 Å². The topological polar surface area (TPSA) is 25.8 Å². The molecule has 2 nitrogen and oxygen atoms in total. The Morgan fingerprint density at radius 2 is 1.86 bits per heavy atom. The first-order chi connectivity index (χ1) is 9.70. The van der Waals surface area contributed by atoms with Gasteiger partial charge in [-0.25, -0.2) is 14.4 Å². The molecule has 0 N–H and O–H groups in total. The van der Waals surface area contributed by atoms with Gasteiger partial charge < -0.3 is 0 Å². The Labute approximate surface area is 147 Å². The molecule has 0 unspecified atom stereocenters. The lowest BCUT2D eigenvalue weighted by Crippen LogP contribution is -2.18. The van der Waals surface area contributed by atoms with E-state index in [0.29, 0.717) is 21.6 Å². The Balaban J connectivity index is 2.49. The maximum atomic E-state index is 13.9. The molecule has 1 aromatic heterocycles. The second kappa shape index (κ2) is 6.34. The zero-order valence-corrected chi connectivity index (χ0v) is 15.5. The Morgan fingerprint density at radius 3 is 2.43 bits per heavy atom. The number of aromatic nitrogens is 2. The van der Waals surface area contributed by atoms with Crippen LogP contribution < -0.4 is 0 Å². The summed E-state index contributed by atoms with van der Waals surface area (Å²) in [5, 5.41) is 0.753. The summed E-state index contributed by atoms with van der Waals surface area (Å²) in [4.78, 5) is 8.80. The highest BCUT2D eigenvalue weighted by atomic mass is 127. The van der Waals surface area contributed by atoms with Crippen molar-refractivity contribution in [1.29, 1.82) is 0 Å². The first-order valence-corrected chi connectivity index (χ1v) is 8.19. The van der Waals surface area contributed by atoms with E-state index in [-0.39, 0.29) is 17.7 Å². The lowest BCUT2D eigenvalue weighted by Gasteiger charge is -2.20. The van der Waals surface area contributed by atoms with Gasteiger partial charge in [0.1, 0.15) is 16.8 Å². The predicted octanol–water partition coefficient (Wildman–Crippen LogP) is 5.42. The van der Waals surface area contributed by atoms with Crippen molar-refractivity contribution in [3.05, 3.63) is 54.8 Å². The first kappa shape index (κ1) is 16.9. The molecule has 2 rings (SSSR count). The van der Waals surface area contributed by atoms with Crippen molar-refractivity contribution >= 4 is 45.8 Å². The van der Waals surface area contributed by atoms with Crippen molar-refractivity contribution in [2.45, 2.75) is 32.6 Å². The minimum atomic E-state index is -0.363. The van der Waals surface area contributed by atoms with Crippen molar-refractivity contribution in [2.24, 2.45) is 0 Å². The monoisotopic (exact) mass is 438 g/mol. The summed E-state index contributed by atoms with van der Waals surface area (Å²) >= 11 is 14.4. The Hall–Kier alpha value is -0.460. The number of rotatable bonds is 2. The highest BCUT2D eigenvalue weighted by Crippen LogP contribution is 2.30. The third-order valence-corrected chi connectivity index (χ3v) is 4.93. The molecule has 0 saturated carbocycles. The zero-order valence-electron chi connectivity index (χ0n) is 11.8. The maximum Gasteiger partial charge on any atom is 0.146 e. The van der Waals surface area contributed by atoms with Gasteiger partial charge in [0.05, 0.1) is 9.26 Å². The molecular formula is C15H14Cl2FIN2. The maximum absolute atomic E-state index is 13.9. The van der Waals surface area contributed by atoms with E-state index in [1.165, 1.54) is 6.07 Å². The van der Waals surface area contributed by atoms with Gasteiger partial charge in [0.25, 0.3) is 0 Å². The van der Waals surface area contributed by atoms with Gasteiger partial charge in [0.15, 0.2) is 0 Å². The Bertz CT molecular complexity index is 664. The van der Waals surface area contributed by atoms with Crippen LogP contribution in [0.1, 0.15) is 37.9 Å². The van der Waals surface area contributed by atoms with E-state index in [1.54, 1.807) is 12.1 Å². The fourth-order valence-corrected chi connectivity index (χ4v) is 3.37. The fraction of sp³-hybridized carbons (Fsp3) is 0.333. The van der Waals surface area contributed by atoms with Crippen LogP contribution in [0.2, 0.25) is 10.2 Å². The molecule has 2 aromatic rings. The smallest absolute Gasteiger partial charge is 0.146 e. The molecule has 21 heavy (non-hydrogen) atoms. The van der Waals surface area contributed by atoms with Crippen molar-refractivity contribution in [1.82, 2.24) is 9.97 Å². The molecule has 6 heteroatoms. The van der Waals surface area contributed by atoms with E-state index >= 15 is 0 Å². The average molecular weight is 439 g/mol. The minimum Gasteiger partial charge on any atom is -0.236 e. The molecule has 0 atom stereocenters. The van der Waals surface area contributed by atoms with Crippen LogP contribution in [-0.4, -0.2) is 9.97 Å². The van der Waals surface area contributed by atoms with E-state index < -0.39 is 0 Å². The van der Waals surface area contributed by atoms with E-state index in [9.17, 15) is 4.39 Å². The van der Waals surface area contributed by atoms with Gasteiger partial charge in [0.2, 0.25) is 0 Å². The van der Waals surface area contributed by atoms with Gasteiger partial charge in [-0.05, 0) is 34.7 Å². The average Bonchev–Trinajstić information content (AvgIpc) is 2.36. The molecule has 0 aliphatic rings. The van der Waals surface area contributed by atoms with Crippen molar-refractivity contribution in [3.63, 3.8) is 0 Å². The molecule has 1 heterocycles. The van der Waals surface area contributed by atoms with Gasteiger partial charge in [-0.2, -0.15) is 0 Å². The summed E-state index contributed by atoms with van der Waals surface area (Å²) in [7, 11) is 0. The third kappa shape index (κ3) is 3.85. The van der Waals surface area contributed by atoms with Crippen LogP contribution in [0.5, 0.6) is 0 Å². The van der Waals surface area contributed by atoms with Gasteiger partial charge >= 0.3 is 0 Å². The quantitative estimate of drug-likeness (QED) is 0.462. The Morgan fingerprint density at radius 1 is 1.19 bits per heavy atom. The second-order valence-electron chi connectivity index (χ2n) is 5.72. The zero-order chi connectivity index (χ0) is 15.8. The molecule has 0 fully saturated rings. The van der Waals surface area contributed by atoms with Crippen molar-refractivity contribution < 1.29 is 4.39 Å². The van der Waals surface area contributed by atoms with Crippen LogP contribution in [0.15, 0.2) is 18.2 Å². The van der Waals surface area contributed by atoms with Gasteiger partial charge in [-0.1, -0.05) is 50.0 Å². The standard InChI is InChI=1S/C15H14Cl2FIN2/c1-15(2,3)13-12(19)14(17)21-11(20-13)7-8-9(16)5-4-6-10(8)18/h4-6H,7H2,1-3H3. The number of hydrogen-bond donors (Lipinski definition) is 0. The minimum absolute atomic E-state index is 0.170. The van der Waals surface area contributed by atoms with E-state index in [4.69, 9.17) is 23.2 Å². The fourth-order valence-electron chi connectivity index (χ4n) is 1.90. The Kier molecular flexibility index (Phi) is 5.11. The molecular weight excluding hydrogens is 425 g/mol. The summed E-state index contributed by atoms with van der Waals surface area (Å²) in [6.45, 7) is 6.15.